The molecule has 0 unspecified atom stereocenters. The summed E-state index contributed by atoms with van der Waals surface area (Å²) in [5, 5.41) is 3.40. The number of carbonyl (C=O) groups is 1. The van der Waals surface area contributed by atoms with Crippen LogP contribution in [0.5, 0.6) is 11.5 Å². The second-order valence-corrected chi connectivity index (χ2v) is 7.36. The van der Waals surface area contributed by atoms with Crippen molar-refractivity contribution in [3.05, 3.63) is 76.9 Å². The van der Waals surface area contributed by atoms with E-state index in [1.807, 2.05) is 25.1 Å². The zero-order valence-electron chi connectivity index (χ0n) is 17.3. The minimum Gasteiger partial charge on any atom is -0.497 e. The molecule has 7 heteroatoms. The SMILES string of the molecule is COc1cc(OC)cc(C(=O)Nc2ccc(Cl)c(-c3cnc4c(C)cccc4n3)c2)c1. The van der Waals surface area contributed by atoms with Crippen molar-refractivity contribution < 1.29 is 14.3 Å². The van der Waals surface area contributed by atoms with Crippen LogP contribution in [-0.4, -0.2) is 30.1 Å². The Labute approximate surface area is 184 Å². The number of halogens is 1. The predicted molar refractivity (Wildman–Crippen MR) is 122 cm³/mol. The van der Waals surface area contributed by atoms with Gasteiger partial charge >= 0.3 is 0 Å². The summed E-state index contributed by atoms with van der Waals surface area (Å²) in [6.45, 7) is 1.99. The molecule has 0 radical (unpaired) electrons. The maximum atomic E-state index is 12.8. The van der Waals surface area contributed by atoms with Gasteiger partial charge in [-0.25, -0.2) is 4.98 Å². The van der Waals surface area contributed by atoms with Gasteiger partial charge in [0.2, 0.25) is 0 Å². The standard InChI is InChI=1S/C24H20ClN3O3/c1-14-5-4-6-21-23(14)26-13-22(28-21)19-11-16(7-8-20(19)25)27-24(29)15-9-17(30-2)12-18(10-15)31-3/h4-13H,1-3H3,(H,27,29). The molecule has 31 heavy (non-hydrogen) atoms. The van der Waals surface area contributed by atoms with Crippen LogP contribution in [0.2, 0.25) is 5.02 Å². The van der Waals surface area contributed by atoms with Gasteiger partial charge in [0.1, 0.15) is 11.5 Å². The van der Waals surface area contributed by atoms with Crippen LogP contribution >= 0.6 is 11.6 Å². The number of hydrogen-bond donors (Lipinski definition) is 1. The van der Waals surface area contributed by atoms with E-state index in [0.717, 1.165) is 16.6 Å². The maximum absolute atomic E-state index is 12.8. The summed E-state index contributed by atoms with van der Waals surface area (Å²) < 4.78 is 10.5. The van der Waals surface area contributed by atoms with Gasteiger partial charge in [-0.3, -0.25) is 9.78 Å². The summed E-state index contributed by atoms with van der Waals surface area (Å²) in [7, 11) is 3.07. The molecule has 0 aliphatic carbocycles. The third-order valence-corrected chi connectivity index (χ3v) is 5.22. The lowest BCUT2D eigenvalue weighted by atomic mass is 10.1. The van der Waals surface area contributed by atoms with E-state index in [1.165, 1.54) is 14.2 Å². The van der Waals surface area contributed by atoms with Crippen LogP contribution in [0.1, 0.15) is 15.9 Å². The van der Waals surface area contributed by atoms with Gasteiger partial charge in [0.05, 0.1) is 42.2 Å². The molecule has 0 aliphatic rings. The number of fused-ring (bicyclic) bond motifs is 1. The quantitative estimate of drug-likeness (QED) is 0.448. The average molecular weight is 434 g/mol. The lowest BCUT2D eigenvalue weighted by Gasteiger charge is -2.11. The van der Waals surface area contributed by atoms with E-state index < -0.39 is 0 Å². The number of carbonyl (C=O) groups excluding carboxylic acids is 1. The number of nitrogens with zero attached hydrogens (tertiary/aromatic N) is 2. The molecular formula is C24H20ClN3O3. The zero-order chi connectivity index (χ0) is 22.0. The van der Waals surface area contributed by atoms with Gasteiger partial charge in [0.25, 0.3) is 5.91 Å². The normalized spacial score (nSPS) is 10.7. The first kappa shape index (κ1) is 20.6. The number of aryl methyl sites for hydroxylation is 1. The summed E-state index contributed by atoms with van der Waals surface area (Å²) in [5.74, 6) is 0.761. The topological polar surface area (TPSA) is 73.3 Å². The third-order valence-electron chi connectivity index (χ3n) is 4.89. The molecule has 6 nitrogen and oxygen atoms in total. The van der Waals surface area contributed by atoms with E-state index in [2.05, 4.69) is 10.3 Å². The number of anilines is 1. The number of amides is 1. The van der Waals surface area contributed by atoms with E-state index >= 15 is 0 Å². The van der Waals surface area contributed by atoms with E-state index in [1.54, 1.807) is 42.6 Å². The maximum Gasteiger partial charge on any atom is 0.255 e. The lowest BCUT2D eigenvalue weighted by molar-refractivity contribution is 0.102. The largest absolute Gasteiger partial charge is 0.497 e. The Bertz CT molecular complexity index is 1270. The number of hydrogen-bond acceptors (Lipinski definition) is 5. The summed E-state index contributed by atoms with van der Waals surface area (Å²) in [6, 6.07) is 16.1. The van der Waals surface area contributed by atoms with E-state index in [4.69, 9.17) is 26.1 Å². The smallest absolute Gasteiger partial charge is 0.255 e. The first-order valence-corrected chi connectivity index (χ1v) is 9.93. The Kier molecular flexibility index (Phi) is 5.73. The molecule has 0 spiro atoms. The van der Waals surface area contributed by atoms with Crippen LogP contribution in [0.15, 0.2) is 60.8 Å². The Morgan fingerprint density at radius 1 is 1.00 bits per heavy atom. The van der Waals surface area contributed by atoms with Gasteiger partial charge in [-0.2, -0.15) is 0 Å². The second kappa shape index (κ2) is 8.62. The van der Waals surface area contributed by atoms with Gasteiger partial charge in [-0.1, -0.05) is 23.7 Å². The van der Waals surface area contributed by atoms with Crippen LogP contribution in [0, 0.1) is 6.92 Å². The summed E-state index contributed by atoms with van der Waals surface area (Å²) in [5.41, 5.74) is 4.98. The second-order valence-electron chi connectivity index (χ2n) is 6.95. The van der Waals surface area contributed by atoms with Crippen molar-refractivity contribution in [2.75, 3.05) is 19.5 Å². The Morgan fingerprint density at radius 3 is 2.45 bits per heavy atom. The third kappa shape index (κ3) is 4.29. The molecule has 4 rings (SSSR count). The number of nitrogens with one attached hydrogen (secondary N) is 1. The minimum atomic E-state index is -0.300. The highest BCUT2D eigenvalue weighted by atomic mass is 35.5. The highest BCUT2D eigenvalue weighted by Crippen LogP contribution is 2.31. The number of rotatable bonds is 5. The molecule has 1 heterocycles. The first-order valence-electron chi connectivity index (χ1n) is 9.55. The molecule has 3 aromatic carbocycles. The van der Waals surface area contributed by atoms with Crippen molar-refractivity contribution in [3.63, 3.8) is 0 Å². The van der Waals surface area contributed by atoms with Crippen LogP contribution in [-0.2, 0) is 0 Å². The monoisotopic (exact) mass is 433 g/mol. The fourth-order valence-electron chi connectivity index (χ4n) is 3.26. The molecule has 1 amide bonds. The molecule has 1 aromatic heterocycles. The highest BCUT2D eigenvalue weighted by Gasteiger charge is 2.13. The van der Waals surface area contributed by atoms with Crippen LogP contribution in [0.3, 0.4) is 0 Å². The molecule has 0 bridgehead atoms. The minimum absolute atomic E-state index is 0.300. The van der Waals surface area contributed by atoms with Gasteiger partial charge < -0.3 is 14.8 Å². The first-order chi connectivity index (χ1) is 15.0. The number of aromatic nitrogens is 2. The molecule has 1 N–H and O–H groups in total. The van der Waals surface area contributed by atoms with E-state index in [0.29, 0.717) is 39.0 Å². The lowest BCUT2D eigenvalue weighted by Crippen LogP contribution is -2.12. The highest BCUT2D eigenvalue weighted by molar-refractivity contribution is 6.33. The fourth-order valence-corrected chi connectivity index (χ4v) is 3.47. The molecule has 0 saturated carbocycles. The Morgan fingerprint density at radius 2 is 1.74 bits per heavy atom. The molecule has 156 valence electrons. The van der Waals surface area contributed by atoms with E-state index in [9.17, 15) is 4.79 Å². The summed E-state index contributed by atoms with van der Waals surface area (Å²) >= 11 is 6.43. The van der Waals surface area contributed by atoms with E-state index in [-0.39, 0.29) is 5.91 Å². The molecule has 4 aromatic rings. The number of ether oxygens (including phenoxy) is 2. The van der Waals surface area contributed by atoms with Crippen LogP contribution in [0.25, 0.3) is 22.3 Å². The van der Waals surface area contributed by atoms with Crippen molar-refractivity contribution in [3.8, 4) is 22.8 Å². The molecule has 0 atom stereocenters. The Hall–Kier alpha value is -3.64. The summed E-state index contributed by atoms with van der Waals surface area (Å²) in [6.07, 6.45) is 1.69. The molecule has 0 aliphatic heterocycles. The van der Waals surface area contributed by atoms with Crippen molar-refractivity contribution in [2.24, 2.45) is 0 Å². The number of para-hydroxylation sites is 1. The van der Waals surface area contributed by atoms with Crippen LogP contribution in [0.4, 0.5) is 5.69 Å². The predicted octanol–water partition coefficient (Wildman–Crippen LogP) is 5.53. The van der Waals surface area contributed by atoms with Crippen molar-refractivity contribution >= 4 is 34.2 Å². The zero-order valence-corrected chi connectivity index (χ0v) is 18.0. The van der Waals surface area contributed by atoms with Gasteiger partial charge in [0, 0.05) is 22.9 Å². The van der Waals surface area contributed by atoms with Gasteiger partial charge in [-0.05, 0) is 48.9 Å². The number of benzene rings is 3. The van der Waals surface area contributed by atoms with Gasteiger partial charge in [-0.15, -0.1) is 0 Å². The summed E-state index contributed by atoms with van der Waals surface area (Å²) in [4.78, 5) is 22.0. The molecule has 0 saturated heterocycles. The molecule has 0 fully saturated rings. The van der Waals surface area contributed by atoms with Crippen molar-refractivity contribution in [2.45, 2.75) is 6.92 Å². The number of methoxy groups -OCH3 is 2. The Balaban J connectivity index is 1.66. The van der Waals surface area contributed by atoms with Crippen molar-refractivity contribution in [1.82, 2.24) is 9.97 Å². The molecular weight excluding hydrogens is 414 g/mol. The van der Waals surface area contributed by atoms with Gasteiger partial charge in [0.15, 0.2) is 0 Å². The fraction of sp³-hybridized carbons (Fsp3) is 0.125. The van der Waals surface area contributed by atoms with Crippen molar-refractivity contribution in [1.29, 1.82) is 0 Å². The van der Waals surface area contributed by atoms with Crippen LogP contribution < -0.4 is 14.8 Å². The average Bonchev–Trinajstić information content (AvgIpc) is 2.79.